The Kier molecular flexibility index (Phi) is 7.42. The SMILES string of the molecule is CCCOc1ccc(NC(=O)CCCOc2ccccc2)c([N+](=O)[O-])c1. The molecule has 0 aliphatic heterocycles. The quantitative estimate of drug-likeness (QED) is 0.391. The molecule has 2 aromatic carbocycles. The molecule has 26 heavy (non-hydrogen) atoms. The van der Waals surface area contributed by atoms with E-state index >= 15 is 0 Å². The van der Waals surface area contributed by atoms with Crippen molar-refractivity contribution in [2.75, 3.05) is 18.5 Å². The molecule has 0 saturated carbocycles. The normalized spacial score (nSPS) is 10.2. The van der Waals surface area contributed by atoms with Gasteiger partial charge in [-0.3, -0.25) is 14.9 Å². The number of nitro groups is 1. The minimum absolute atomic E-state index is 0.160. The molecule has 7 heteroatoms. The van der Waals surface area contributed by atoms with Gasteiger partial charge in [0.05, 0.1) is 24.2 Å². The molecule has 0 aliphatic carbocycles. The third-order valence-electron chi connectivity index (χ3n) is 3.47. The number of carbonyl (C=O) groups excluding carboxylic acids is 1. The van der Waals surface area contributed by atoms with Crippen LogP contribution in [0.1, 0.15) is 26.2 Å². The fourth-order valence-corrected chi connectivity index (χ4v) is 2.23. The number of benzene rings is 2. The molecule has 2 aromatic rings. The van der Waals surface area contributed by atoms with Gasteiger partial charge >= 0.3 is 0 Å². The maximum Gasteiger partial charge on any atom is 0.296 e. The van der Waals surface area contributed by atoms with Gasteiger partial charge in [-0.15, -0.1) is 0 Å². The largest absolute Gasteiger partial charge is 0.494 e. The first-order chi connectivity index (χ1) is 12.6. The summed E-state index contributed by atoms with van der Waals surface area (Å²) in [6.07, 6.45) is 1.52. The van der Waals surface area contributed by atoms with E-state index in [4.69, 9.17) is 9.47 Å². The van der Waals surface area contributed by atoms with Crippen molar-refractivity contribution in [2.24, 2.45) is 0 Å². The standard InChI is InChI=1S/C19H22N2O5/c1-2-12-25-16-10-11-17(18(14-16)21(23)24)20-19(22)9-6-13-26-15-7-4-3-5-8-15/h3-5,7-8,10-11,14H,2,6,9,12-13H2,1H3,(H,20,22). The number of anilines is 1. The first-order valence-electron chi connectivity index (χ1n) is 8.49. The molecule has 1 amide bonds. The molecule has 0 aromatic heterocycles. The maximum absolute atomic E-state index is 12.0. The van der Waals surface area contributed by atoms with Crippen LogP contribution in [-0.2, 0) is 4.79 Å². The predicted octanol–water partition coefficient (Wildman–Crippen LogP) is 4.18. The third kappa shape index (κ3) is 6.08. The van der Waals surface area contributed by atoms with E-state index in [2.05, 4.69) is 5.32 Å². The molecular weight excluding hydrogens is 336 g/mol. The average Bonchev–Trinajstić information content (AvgIpc) is 2.65. The highest BCUT2D eigenvalue weighted by Crippen LogP contribution is 2.29. The average molecular weight is 358 g/mol. The van der Waals surface area contributed by atoms with E-state index in [1.54, 1.807) is 6.07 Å². The zero-order valence-corrected chi connectivity index (χ0v) is 14.6. The van der Waals surface area contributed by atoms with Crippen molar-refractivity contribution in [3.05, 3.63) is 58.6 Å². The molecule has 0 radical (unpaired) electrons. The summed E-state index contributed by atoms with van der Waals surface area (Å²) in [6, 6.07) is 13.7. The van der Waals surface area contributed by atoms with Gasteiger partial charge in [0.1, 0.15) is 17.2 Å². The van der Waals surface area contributed by atoms with Crippen LogP contribution in [0.4, 0.5) is 11.4 Å². The molecular formula is C19H22N2O5. The Morgan fingerprint density at radius 1 is 1.08 bits per heavy atom. The molecule has 0 aliphatic rings. The summed E-state index contributed by atoms with van der Waals surface area (Å²) in [4.78, 5) is 22.7. The van der Waals surface area contributed by atoms with E-state index in [1.165, 1.54) is 12.1 Å². The molecule has 0 bridgehead atoms. The summed E-state index contributed by atoms with van der Waals surface area (Å²) < 4.78 is 10.9. The molecule has 0 unspecified atom stereocenters. The van der Waals surface area contributed by atoms with Gasteiger partial charge in [0, 0.05) is 6.42 Å². The van der Waals surface area contributed by atoms with Crippen LogP contribution in [0.5, 0.6) is 11.5 Å². The molecule has 0 saturated heterocycles. The highest BCUT2D eigenvalue weighted by atomic mass is 16.6. The first kappa shape index (κ1) is 19.2. The molecule has 7 nitrogen and oxygen atoms in total. The summed E-state index contributed by atoms with van der Waals surface area (Å²) in [5.41, 5.74) is -0.0275. The summed E-state index contributed by atoms with van der Waals surface area (Å²) >= 11 is 0. The predicted molar refractivity (Wildman–Crippen MR) is 98.7 cm³/mol. The van der Waals surface area contributed by atoms with Gasteiger partial charge in [-0.05, 0) is 37.1 Å². The van der Waals surface area contributed by atoms with Crippen LogP contribution >= 0.6 is 0 Å². The Balaban J connectivity index is 1.86. The van der Waals surface area contributed by atoms with Crippen LogP contribution in [0.25, 0.3) is 0 Å². The van der Waals surface area contributed by atoms with Gasteiger partial charge in [-0.1, -0.05) is 25.1 Å². The summed E-state index contributed by atoms with van der Waals surface area (Å²) in [5.74, 6) is 0.853. The molecule has 0 fully saturated rings. The first-order valence-corrected chi connectivity index (χ1v) is 8.49. The molecule has 0 atom stereocenters. The van der Waals surface area contributed by atoms with E-state index < -0.39 is 4.92 Å². The molecule has 138 valence electrons. The van der Waals surface area contributed by atoms with Crippen LogP contribution in [0.2, 0.25) is 0 Å². The van der Waals surface area contributed by atoms with Crippen molar-refractivity contribution in [2.45, 2.75) is 26.2 Å². The topological polar surface area (TPSA) is 90.7 Å². The Bertz CT molecular complexity index is 734. The second-order valence-electron chi connectivity index (χ2n) is 5.60. The Morgan fingerprint density at radius 3 is 2.50 bits per heavy atom. The zero-order chi connectivity index (χ0) is 18.8. The lowest BCUT2D eigenvalue weighted by atomic mass is 10.2. The number of nitrogens with zero attached hydrogens (tertiary/aromatic N) is 1. The van der Waals surface area contributed by atoms with E-state index in [-0.39, 0.29) is 23.7 Å². The van der Waals surface area contributed by atoms with Gasteiger partial charge < -0.3 is 14.8 Å². The number of nitrogens with one attached hydrogen (secondary N) is 1. The molecule has 0 heterocycles. The van der Waals surface area contributed by atoms with Crippen LogP contribution in [-0.4, -0.2) is 24.0 Å². The minimum Gasteiger partial charge on any atom is -0.494 e. The lowest BCUT2D eigenvalue weighted by molar-refractivity contribution is -0.384. The van der Waals surface area contributed by atoms with Crippen LogP contribution in [0, 0.1) is 10.1 Å². The maximum atomic E-state index is 12.0. The summed E-state index contributed by atoms with van der Waals surface area (Å²) in [5, 5.41) is 13.8. The highest BCUT2D eigenvalue weighted by molar-refractivity contribution is 5.93. The highest BCUT2D eigenvalue weighted by Gasteiger charge is 2.17. The van der Waals surface area contributed by atoms with Crippen molar-refractivity contribution in [3.63, 3.8) is 0 Å². The van der Waals surface area contributed by atoms with Crippen molar-refractivity contribution < 1.29 is 19.2 Å². The van der Waals surface area contributed by atoms with Gasteiger partial charge in [0.2, 0.25) is 5.91 Å². The Hall–Kier alpha value is -3.09. The van der Waals surface area contributed by atoms with Gasteiger partial charge in [-0.25, -0.2) is 0 Å². The number of para-hydroxylation sites is 1. The Labute approximate surface area is 152 Å². The summed E-state index contributed by atoms with van der Waals surface area (Å²) in [7, 11) is 0. The van der Waals surface area contributed by atoms with Crippen molar-refractivity contribution >= 4 is 17.3 Å². The van der Waals surface area contributed by atoms with Crippen LogP contribution < -0.4 is 14.8 Å². The molecule has 0 spiro atoms. The number of nitro benzene ring substituents is 1. The third-order valence-corrected chi connectivity index (χ3v) is 3.47. The molecule has 1 N–H and O–H groups in total. The van der Waals surface area contributed by atoms with Crippen molar-refractivity contribution in [1.29, 1.82) is 0 Å². The Morgan fingerprint density at radius 2 is 1.81 bits per heavy atom. The number of hydrogen-bond acceptors (Lipinski definition) is 5. The fraction of sp³-hybridized carbons (Fsp3) is 0.316. The zero-order valence-electron chi connectivity index (χ0n) is 14.6. The van der Waals surface area contributed by atoms with Crippen LogP contribution in [0.3, 0.4) is 0 Å². The number of rotatable bonds is 10. The van der Waals surface area contributed by atoms with Crippen molar-refractivity contribution in [1.82, 2.24) is 0 Å². The lowest BCUT2D eigenvalue weighted by Gasteiger charge is -2.09. The monoisotopic (exact) mass is 358 g/mol. The smallest absolute Gasteiger partial charge is 0.296 e. The summed E-state index contributed by atoms with van der Waals surface area (Å²) in [6.45, 7) is 2.82. The molecule has 2 rings (SSSR count). The minimum atomic E-state index is -0.535. The van der Waals surface area contributed by atoms with E-state index in [1.807, 2.05) is 37.3 Å². The number of amides is 1. The second-order valence-corrected chi connectivity index (χ2v) is 5.60. The van der Waals surface area contributed by atoms with E-state index in [0.717, 1.165) is 12.2 Å². The number of hydrogen-bond donors (Lipinski definition) is 1. The van der Waals surface area contributed by atoms with Crippen LogP contribution in [0.15, 0.2) is 48.5 Å². The van der Waals surface area contributed by atoms with E-state index in [0.29, 0.717) is 25.4 Å². The van der Waals surface area contributed by atoms with Gasteiger partial charge in [-0.2, -0.15) is 0 Å². The van der Waals surface area contributed by atoms with Gasteiger partial charge in [0.15, 0.2) is 0 Å². The van der Waals surface area contributed by atoms with Crippen molar-refractivity contribution in [3.8, 4) is 11.5 Å². The number of ether oxygens (including phenoxy) is 2. The fourth-order valence-electron chi connectivity index (χ4n) is 2.23. The van der Waals surface area contributed by atoms with Gasteiger partial charge in [0.25, 0.3) is 5.69 Å². The number of carbonyl (C=O) groups is 1. The van der Waals surface area contributed by atoms with E-state index in [9.17, 15) is 14.9 Å². The second kappa shape index (κ2) is 10.0. The lowest BCUT2D eigenvalue weighted by Crippen LogP contribution is -2.14.